The van der Waals surface area contributed by atoms with Crippen LogP contribution < -0.4 is 10.6 Å². The zero-order valence-corrected chi connectivity index (χ0v) is 20.1. The Bertz CT molecular complexity index is 692. The lowest BCUT2D eigenvalue weighted by Gasteiger charge is -2.63. The van der Waals surface area contributed by atoms with Crippen molar-refractivity contribution >= 4 is 0 Å². The van der Waals surface area contributed by atoms with Gasteiger partial charge in [-0.1, -0.05) is 27.7 Å². The second-order valence-corrected chi connectivity index (χ2v) is 13.1. The first-order valence-corrected chi connectivity index (χ1v) is 12.6. The molecule has 0 aromatic carbocycles. The monoisotopic (exact) mass is 402 g/mol. The summed E-state index contributed by atoms with van der Waals surface area (Å²) in [5.74, 6) is 2.08. The molecule has 4 unspecified atom stereocenters. The van der Waals surface area contributed by atoms with Gasteiger partial charge in [0.2, 0.25) is 0 Å². The highest BCUT2D eigenvalue weighted by Gasteiger charge is 2.82. The minimum Gasteiger partial charge on any atom is -0.393 e. The summed E-state index contributed by atoms with van der Waals surface area (Å²) in [7, 11) is 4.25. The first kappa shape index (κ1) is 20.8. The first-order valence-electron chi connectivity index (χ1n) is 12.6. The quantitative estimate of drug-likeness (QED) is 0.647. The van der Waals surface area contributed by atoms with Crippen LogP contribution in [0.1, 0.15) is 86.0 Å². The molecule has 2 spiro atoms. The third kappa shape index (κ3) is 2.16. The zero-order valence-electron chi connectivity index (χ0n) is 20.1. The number of hydrogen-bond donors (Lipinski definition) is 3. The van der Waals surface area contributed by atoms with Crippen LogP contribution in [0.3, 0.4) is 0 Å². The molecule has 0 aliphatic heterocycles. The van der Waals surface area contributed by atoms with Crippen LogP contribution in [0.15, 0.2) is 0 Å². The average Bonchev–Trinajstić information content (AvgIpc) is 3.26. The molecule has 0 radical (unpaired) electrons. The second-order valence-electron chi connectivity index (χ2n) is 13.1. The van der Waals surface area contributed by atoms with E-state index in [1.54, 1.807) is 0 Å². The van der Waals surface area contributed by atoms with E-state index < -0.39 is 0 Å². The molecule has 166 valence electrons. The fraction of sp³-hybridized carbons (Fsp3) is 1.00. The van der Waals surface area contributed by atoms with Crippen molar-refractivity contribution in [1.82, 2.24) is 10.6 Å². The third-order valence-corrected chi connectivity index (χ3v) is 12.5. The predicted molar refractivity (Wildman–Crippen MR) is 120 cm³/mol. The molecule has 5 rings (SSSR count). The topological polar surface area (TPSA) is 44.3 Å². The summed E-state index contributed by atoms with van der Waals surface area (Å²) in [4.78, 5) is 0. The molecule has 5 aliphatic rings. The van der Waals surface area contributed by atoms with Crippen LogP contribution in [0.2, 0.25) is 0 Å². The van der Waals surface area contributed by atoms with E-state index in [2.05, 4.69) is 59.3 Å². The van der Waals surface area contributed by atoms with Gasteiger partial charge in [0.1, 0.15) is 0 Å². The largest absolute Gasteiger partial charge is 0.393 e. The maximum Gasteiger partial charge on any atom is 0.0594 e. The van der Waals surface area contributed by atoms with Gasteiger partial charge in [-0.3, -0.25) is 0 Å². The minimum atomic E-state index is -0.147. The summed E-state index contributed by atoms with van der Waals surface area (Å²) in [6.45, 7) is 12.6. The Labute approximate surface area is 179 Å². The van der Waals surface area contributed by atoms with E-state index in [1.165, 1.54) is 44.9 Å². The molecular formula is C26H46N2O. The average molecular weight is 403 g/mol. The third-order valence-electron chi connectivity index (χ3n) is 12.5. The van der Waals surface area contributed by atoms with E-state index in [4.69, 9.17) is 0 Å². The van der Waals surface area contributed by atoms with Crippen molar-refractivity contribution < 1.29 is 5.11 Å². The first-order chi connectivity index (χ1) is 13.5. The minimum absolute atomic E-state index is 0.147. The van der Waals surface area contributed by atoms with Gasteiger partial charge in [0.05, 0.1) is 6.10 Å². The molecule has 5 saturated carbocycles. The number of aliphatic hydroxyl groups is 1. The Morgan fingerprint density at radius 3 is 2.17 bits per heavy atom. The van der Waals surface area contributed by atoms with E-state index in [0.29, 0.717) is 39.7 Å². The fourth-order valence-electron chi connectivity index (χ4n) is 11.1. The zero-order chi connectivity index (χ0) is 21.0. The maximum absolute atomic E-state index is 11.3. The Balaban J connectivity index is 1.52. The van der Waals surface area contributed by atoms with Crippen LogP contribution in [0.4, 0.5) is 0 Å². The summed E-state index contributed by atoms with van der Waals surface area (Å²) < 4.78 is 0. The molecule has 0 saturated heterocycles. The van der Waals surface area contributed by atoms with E-state index in [0.717, 1.165) is 18.3 Å². The molecule has 29 heavy (non-hydrogen) atoms. The highest BCUT2D eigenvalue weighted by molar-refractivity contribution is 5.31. The van der Waals surface area contributed by atoms with Crippen molar-refractivity contribution in [3.05, 3.63) is 0 Å². The van der Waals surface area contributed by atoms with Crippen LogP contribution in [0.25, 0.3) is 0 Å². The highest BCUT2D eigenvalue weighted by Crippen LogP contribution is 2.88. The fourth-order valence-corrected chi connectivity index (χ4v) is 11.1. The van der Waals surface area contributed by atoms with Crippen LogP contribution in [-0.4, -0.2) is 37.4 Å². The smallest absolute Gasteiger partial charge is 0.0594 e. The van der Waals surface area contributed by atoms with Crippen molar-refractivity contribution in [2.45, 2.75) is 104 Å². The summed E-state index contributed by atoms with van der Waals surface area (Å²) in [6.07, 6.45) is 10.7. The Morgan fingerprint density at radius 1 is 0.862 bits per heavy atom. The summed E-state index contributed by atoms with van der Waals surface area (Å²) in [5, 5.41) is 18.4. The maximum atomic E-state index is 11.3. The van der Waals surface area contributed by atoms with E-state index in [1.807, 2.05) is 0 Å². The van der Waals surface area contributed by atoms with Gasteiger partial charge >= 0.3 is 0 Å². The molecule has 5 aliphatic carbocycles. The molecular weight excluding hydrogens is 356 g/mol. The van der Waals surface area contributed by atoms with Crippen LogP contribution >= 0.6 is 0 Å². The van der Waals surface area contributed by atoms with E-state index >= 15 is 0 Å². The molecule has 3 nitrogen and oxygen atoms in total. The van der Waals surface area contributed by atoms with Crippen molar-refractivity contribution in [2.24, 2.45) is 44.8 Å². The molecule has 0 heterocycles. The van der Waals surface area contributed by atoms with Crippen molar-refractivity contribution in [3.8, 4) is 0 Å². The SMILES string of the molecule is CNC(C)[C@H]1C(O)C[C@@]2(C)[C@@H]3CCC4C(C)(C)C(NC)CC[C@@]45C[C@@]35CC[C@]12C. The lowest BCUT2D eigenvalue weighted by atomic mass is 9.42. The van der Waals surface area contributed by atoms with Gasteiger partial charge in [-0.05, 0) is 111 Å². The molecule has 3 heteroatoms. The predicted octanol–water partition coefficient (Wildman–Crippen LogP) is 4.59. The van der Waals surface area contributed by atoms with E-state index in [-0.39, 0.29) is 11.5 Å². The normalized spacial score (nSPS) is 58.6. The summed E-state index contributed by atoms with van der Waals surface area (Å²) in [5.41, 5.74) is 2.14. The van der Waals surface area contributed by atoms with Crippen LogP contribution in [0.5, 0.6) is 0 Å². The molecule has 3 N–H and O–H groups in total. The molecule has 0 aromatic rings. The lowest BCUT2D eigenvalue weighted by molar-refractivity contribution is -0.144. The van der Waals surface area contributed by atoms with Gasteiger partial charge in [0.15, 0.2) is 0 Å². The number of nitrogens with one attached hydrogen (secondary N) is 2. The number of rotatable bonds is 3. The highest BCUT2D eigenvalue weighted by atomic mass is 16.3. The van der Waals surface area contributed by atoms with E-state index in [9.17, 15) is 5.11 Å². The van der Waals surface area contributed by atoms with Crippen molar-refractivity contribution in [3.63, 3.8) is 0 Å². The van der Waals surface area contributed by atoms with Gasteiger partial charge < -0.3 is 15.7 Å². The number of aliphatic hydroxyl groups excluding tert-OH is 1. The summed E-state index contributed by atoms with van der Waals surface area (Å²) in [6, 6.07) is 1.06. The number of hydrogen-bond acceptors (Lipinski definition) is 3. The summed E-state index contributed by atoms with van der Waals surface area (Å²) >= 11 is 0. The standard InChI is InChI=1S/C26H46N2O/c1-16(27-6)21-17(29)14-24(5)19-9-8-18-22(2,3)20(28-7)10-11-25(18)15-26(19,25)13-12-23(21,24)4/h16-21,27-29H,8-15H2,1-7H3/t16?,17?,18?,19-,20?,21-,23+,24-,25+,26-/m0/s1. The van der Waals surface area contributed by atoms with Crippen LogP contribution in [-0.2, 0) is 0 Å². The Hall–Kier alpha value is -0.120. The van der Waals surface area contributed by atoms with Crippen molar-refractivity contribution in [2.75, 3.05) is 14.1 Å². The molecule has 0 aromatic heterocycles. The molecule has 0 bridgehead atoms. The Kier molecular flexibility index (Phi) is 4.31. The van der Waals surface area contributed by atoms with Gasteiger partial charge in [0.25, 0.3) is 0 Å². The van der Waals surface area contributed by atoms with Crippen molar-refractivity contribution in [1.29, 1.82) is 0 Å². The van der Waals surface area contributed by atoms with Gasteiger partial charge in [0, 0.05) is 18.0 Å². The second kappa shape index (κ2) is 6.01. The lowest BCUT2D eigenvalue weighted by Crippen LogP contribution is -2.59. The Morgan fingerprint density at radius 2 is 1.52 bits per heavy atom. The molecule has 0 amide bonds. The van der Waals surface area contributed by atoms with Gasteiger partial charge in [-0.15, -0.1) is 0 Å². The number of fused-ring (bicyclic) bond motifs is 2. The molecule has 10 atom stereocenters. The van der Waals surface area contributed by atoms with Crippen LogP contribution in [0, 0.1) is 44.8 Å². The van der Waals surface area contributed by atoms with Gasteiger partial charge in [-0.2, -0.15) is 0 Å². The van der Waals surface area contributed by atoms with Gasteiger partial charge in [-0.25, -0.2) is 0 Å². The molecule has 5 fully saturated rings.